The first-order valence-electron chi connectivity index (χ1n) is 17.3. The molecule has 52 heavy (non-hydrogen) atoms. The molecular formula is C38H46N8O6. The van der Waals surface area contributed by atoms with Gasteiger partial charge in [0.25, 0.3) is 0 Å². The summed E-state index contributed by atoms with van der Waals surface area (Å²) in [7, 11) is 0. The van der Waals surface area contributed by atoms with Crippen molar-refractivity contribution in [2.75, 3.05) is 18.0 Å². The van der Waals surface area contributed by atoms with Crippen molar-refractivity contribution in [1.29, 1.82) is 0 Å². The molecule has 0 aliphatic carbocycles. The Morgan fingerprint density at radius 3 is 2.33 bits per heavy atom. The lowest BCUT2D eigenvalue weighted by Crippen LogP contribution is -2.51. The maximum atomic E-state index is 14.1. The van der Waals surface area contributed by atoms with Crippen molar-refractivity contribution >= 4 is 29.6 Å². The van der Waals surface area contributed by atoms with Gasteiger partial charge >= 0.3 is 12.1 Å². The smallest absolute Gasteiger partial charge is 0.407 e. The van der Waals surface area contributed by atoms with Gasteiger partial charge in [-0.3, -0.25) is 14.4 Å². The number of fused-ring (bicyclic) bond motifs is 1. The van der Waals surface area contributed by atoms with Crippen molar-refractivity contribution in [3.05, 3.63) is 83.9 Å². The zero-order chi connectivity index (χ0) is 37.5. The fourth-order valence-electron chi connectivity index (χ4n) is 6.14. The van der Waals surface area contributed by atoms with Crippen LogP contribution < -0.4 is 20.9 Å². The van der Waals surface area contributed by atoms with Crippen LogP contribution in [-0.4, -0.2) is 79.5 Å². The molecule has 4 N–H and O–H groups in total. The van der Waals surface area contributed by atoms with E-state index < -0.39 is 29.2 Å². The molecule has 3 aromatic carbocycles. The van der Waals surface area contributed by atoms with E-state index in [1.165, 1.54) is 4.68 Å². The van der Waals surface area contributed by atoms with Crippen LogP contribution in [0.3, 0.4) is 0 Å². The largest absolute Gasteiger partial charge is 0.480 e. The number of ether oxygens (including phenoxy) is 1. The summed E-state index contributed by atoms with van der Waals surface area (Å²) in [5.41, 5.74) is 3.91. The van der Waals surface area contributed by atoms with Crippen molar-refractivity contribution in [3.63, 3.8) is 0 Å². The number of carboxylic acid groups (broad SMARTS) is 1. The number of benzene rings is 3. The quantitative estimate of drug-likeness (QED) is 0.146. The van der Waals surface area contributed by atoms with Crippen LogP contribution in [0, 0.1) is 0 Å². The molecular weight excluding hydrogens is 664 g/mol. The monoisotopic (exact) mass is 710 g/mol. The molecule has 0 fully saturated rings. The van der Waals surface area contributed by atoms with Crippen molar-refractivity contribution < 1.29 is 29.0 Å². The van der Waals surface area contributed by atoms with E-state index in [1.807, 2.05) is 86.6 Å². The highest BCUT2D eigenvalue weighted by Gasteiger charge is 2.33. The average molecular weight is 711 g/mol. The van der Waals surface area contributed by atoms with Gasteiger partial charge in [0.2, 0.25) is 11.8 Å². The SMILES string of the molecule is CC(C)(CC(=O)N[C@@H]1CCc2ccccc2N(Cc2ccc(-c3ccccc3-c3nnnn3CC(=O)O)cc2)C1=O)NCCNC(=O)OC(C)(C)C. The Hall–Kier alpha value is -5.63. The molecule has 2 heterocycles. The Labute approximate surface area is 302 Å². The van der Waals surface area contributed by atoms with E-state index in [2.05, 4.69) is 31.5 Å². The Kier molecular flexibility index (Phi) is 11.7. The molecule has 5 rings (SSSR count). The maximum Gasteiger partial charge on any atom is 0.407 e. The molecule has 14 heteroatoms. The number of amides is 3. The number of tetrazole rings is 1. The van der Waals surface area contributed by atoms with Crippen LogP contribution in [0.4, 0.5) is 10.5 Å². The van der Waals surface area contributed by atoms with Crippen molar-refractivity contribution in [2.45, 2.75) is 84.2 Å². The van der Waals surface area contributed by atoms with Crippen LogP contribution in [0.25, 0.3) is 22.5 Å². The van der Waals surface area contributed by atoms with Crippen LogP contribution >= 0.6 is 0 Å². The number of anilines is 1. The predicted octanol–water partition coefficient (Wildman–Crippen LogP) is 4.34. The summed E-state index contributed by atoms with van der Waals surface area (Å²) in [4.78, 5) is 52.5. The topological polar surface area (TPSA) is 181 Å². The number of nitrogens with zero attached hydrogens (tertiary/aromatic N) is 5. The summed E-state index contributed by atoms with van der Waals surface area (Å²) in [6.45, 7) is 9.87. The average Bonchev–Trinajstić information content (AvgIpc) is 3.49. The number of aliphatic carboxylic acids is 1. The van der Waals surface area contributed by atoms with Crippen LogP contribution in [0.15, 0.2) is 72.8 Å². The highest BCUT2D eigenvalue weighted by atomic mass is 16.6. The number of aryl methyl sites for hydroxylation is 1. The summed E-state index contributed by atoms with van der Waals surface area (Å²) >= 11 is 0. The second kappa shape index (κ2) is 16.1. The Bertz CT molecular complexity index is 1900. The number of para-hydroxylation sites is 1. The van der Waals surface area contributed by atoms with E-state index in [-0.39, 0.29) is 24.8 Å². The minimum atomic E-state index is -1.05. The molecule has 0 saturated carbocycles. The van der Waals surface area contributed by atoms with Gasteiger partial charge in [-0.15, -0.1) is 5.10 Å². The number of hydrogen-bond acceptors (Lipinski definition) is 9. The second-order valence-corrected chi connectivity index (χ2v) is 14.4. The third-order valence-electron chi connectivity index (χ3n) is 8.47. The minimum Gasteiger partial charge on any atom is -0.480 e. The molecule has 274 valence electrons. The molecule has 0 unspecified atom stereocenters. The summed E-state index contributed by atoms with van der Waals surface area (Å²) in [6.07, 6.45) is 0.709. The second-order valence-electron chi connectivity index (χ2n) is 14.4. The third kappa shape index (κ3) is 10.00. The van der Waals surface area contributed by atoms with Crippen LogP contribution in [0.1, 0.15) is 58.6 Å². The zero-order valence-corrected chi connectivity index (χ0v) is 30.2. The van der Waals surface area contributed by atoms with Gasteiger partial charge in [-0.25, -0.2) is 9.48 Å². The van der Waals surface area contributed by atoms with Crippen LogP contribution in [-0.2, 0) is 38.6 Å². The lowest BCUT2D eigenvalue weighted by Gasteiger charge is -2.29. The number of alkyl carbamates (subject to hydrolysis) is 1. The van der Waals surface area contributed by atoms with E-state index in [9.17, 15) is 24.3 Å². The molecule has 0 saturated heterocycles. The summed E-state index contributed by atoms with van der Waals surface area (Å²) in [5, 5.41) is 29.9. The fourth-order valence-corrected chi connectivity index (χ4v) is 6.14. The molecule has 3 amide bonds. The zero-order valence-electron chi connectivity index (χ0n) is 30.2. The van der Waals surface area contributed by atoms with Crippen molar-refractivity contribution in [1.82, 2.24) is 36.2 Å². The van der Waals surface area contributed by atoms with Gasteiger partial charge in [0.15, 0.2) is 5.82 Å². The number of carboxylic acids is 1. The van der Waals surface area contributed by atoms with Gasteiger partial charge in [-0.2, -0.15) is 0 Å². The summed E-state index contributed by atoms with van der Waals surface area (Å²) < 4.78 is 6.51. The third-order valence-corrected chi connectivity index (χ3v) is 8.47. The molecule has 0 radical (unpaired) electrons. The van der Waals surface area contributed by atoms with Gasteiger partial charge in [-0.05, 0) is 86.2 Å². The van der Waals surface area contributed by atoms with E-state index in [1.54, 1.807) is 25.7 Å². The summed E-state index contributed by atoms with van der Waals surface area (Å²) in [5.74, 6) is -1.15. The number of rotatable bonds is 13. The molecule has 1 aliphatic heterocycles. The normalized spacial score (nSPS) is 14.7. The first-order chi connectivity index (χ1) is 24.7. The molecule has 1 atom stereocenters. The Morgan fingerprint density at radius 1 is 0.923 bits per heavy atom. The number of carbonyl (C=O) groups is 4. The van der Waals surface area contributed by atoms with E-state index in [0.717, 1.165) is 27.9 Å². The van der Waals surface area contributed by atoms with Gasteiger partial charge < -0.3 is 30.7 Å². The first-order valence-corrected chi connectivity index (χ1v) is 17.3. The van der Waals surface area contributed by atoms with Crippen molar-refractivity contribution in [3.8, 4) is 22.5 Å². The number of aromatic nitrogens is 4. The van der Waals surface area contributed by atoms with E-state index in [0.29, 0.717) is 43.9 Å². The minimum absolute atomic E-state index is 0.127. The van der Waals surface area contributed by atoms with Crippen LogP contribution in [0.2, 0.25) is 0 Å². The Balaban J connectivity index is 1.26. The maximum absolute atomic E-state index is 14.1. The first kappa shape index (κ1) is 37.6. The standard InChI is InChI=1S/C38H46N8O6/c1-37(2,3)52-36(51)39-20-21-40-38(4,5)22-32(47)41-30-19-18-27-10-6-9-13-31(27)45(35(30)50)23-25-14-16-26(17-15-25)28-11-7-8-12-29(28)34-42-43-44-46(34)24-33(48)49/h6-17,30,40H,18-24H2,1-5H3,(H,39,51)(H,41,47)(H,48,49)/t30-/m1/s1. The number of hydrogen-bond donors (Lipinski definition) is 4. The highest BCUT2D eigenvalue weighted by molar-refractivity contribution is 6.00. The predicted molar refractivity (Wildman–Crippen MR) is 195 cm³/mol. The molecule has 1 aliphatic rings. The number of nitrogens with one attached hydrogen (secondary N) is 3. The summed E-state index contributed by atoms with van der Waals surface area (Å²) in [6, 6.07) is 22.4. The van der Waals surface area contributed by atoms with Crippen LogP contribution in [0.5, 0.6) is 0 Å². The number of carbonyl (C=O) groups excluding carboxylic acids is 3. The van der Waals surface area contributed by atoms with Gasteiger partial charge in [0, 0.05) is 36.3 Å². The molecule has 0 spiro atoms. The van der Waals surface area contributed by atoms with E-state index >= 15 is 0 Å². The van der Waals surface area contributed by atoms with Gasteiger partial charge in [0.05, 0.1) is 6.54 Å². The molecule has 4 aromatic rings. The van der Waals surface area contributed by atoms with Gasteiger partial charge in [-0.1, -0.05) is 66.7 Å². The highest BCUT2D eigenvalue weighted by Crippen LogP contribution is 2.32. The van der Waals surface area contributed by atoms with Crippen molar-refractivity contribution in [2.24, 2.45) is 0 Å². The molecule has 1 aromatic heterocycles. The van der Waals surface area contributed by atoms with Gasteiger partial charge in [0.1, 0.15) is 18.2 Å². The lowest BCUT2D eigenvalue weighted by atomic mass is 9.98. The van der Waals surface area contributed by atoms with E-state index in [4.69, 9.17) is 4.74 Å². The fraction of sp³-hybridized carbons (Fsp3) is 0.395. The Morgan fingerprint density at radius 2 is 1.62 bits per heavy atom. The lowest BCUT2D eigenvalue weighted by molar-refractivity contribution is -0.138. The molecule has 0 bridgehead atoms. The molecule has 14 nitrogen and oxygen atoms in total.